The Kier molecular flexibility index (Phi) is 5.48. The highest BCUT2D eigenvalue weighted by Crippen LogP contribution is 2.41. The number of thiocarbonyl (C=S) groups is 1. The lowest BCUT2D eigenvalue weighted by Crippen LogP contribution is -2.46. The smallest absolute Gasteiger partial charge is 0.251 e. The molecule has 0 bridgehead atoms. The van der Waals surface area contributed by atoms with Crippen LogP contribution in [-0.2, 0) is 4.79 Å². The Hall–Kier alpha value is -1.80. The number of hydrogen-bond acceptors (Lipinski definition) is 4. The van der Waals surface area contributed by atoms with Crippen LogP contribution in [0.25, 0.3) is 0 Å². The number of carbonyl (C=O) groups is 1. The molecule has 1 unspecified atom stereocenters. The van der Waals surface area contributed by atoms with Crippen molar-refractivity contribution in [3.8, 4) is 11.5 Å². The van der Waals surface area contributed by atoms with Crippen LogP contribution in [0.15, 0.2) is 27.9 Å². The second-order valence-corrected chi connectivity index (χ2v) is 6.20. The van der Waals surface area contributed by atoms with Crippen LogP contribution in [-0.4, -0.2) is 32.3 Å². The van der Waals surface area contributed by atoms with Crippen LogP contribution in [0.4, 0.5) is 0 Å². The van der Waals surface area contributed by atoms with Gasteiger partial charge < -0.3 is 25.4 Å². The first-order chi connectivity index (χ1) is 10.9. The second-order valence-electron chi connectivity index (χ2n) is 4.88. The van der Waals surface area contributed by atoms with Crippen molar-refractivity contribution in [1.29, 1.82) is 0 Å². The van der Waals surface area contributed by atoms with Crippen LogP contribution in [0.3, 0.4) is 0 Å². The first kappa shape index (κ1) is 17.6. The molecule has 0 saturated heterocycles. The quantitative estimate of drug-likeness (QED) is 0.672. The number of nitrogens with one attached hydrogen (secondary N) is 3. The van der Waals surface area contributed by atoms with Gasteiger partial charge in [0.25, 0.3) is 5.91 Å². The average molecular weight is 400 g/mol. The number of ether oxygens (including phenoxy) is 2. The normalized spacial score (nSPS) is 17.3. The molecule has 1 aromatic carbocycles. The van der Waals surface area contributed by atoms with Crippen molar-refractivity contribution in [2.45, 2.75) is 13.0 Å². The lowest BCUT2D eigenvalue weighted by molar-refractivity contribution is -0.117. The maximum atomic E-state index is 12.3. The number of benzene rings is 1. The van der Waals surface area contributed by atoms with Gasteiger partial charge in [0.05, 0.1) is 25.8 Å². The molecule has 0 fully saturated rings. The summed E-state index contributed by atoms with van der Waals surface area (Å²) in [6.07, 6.45) is 0. The number of rotatable bonds is 4. The van der Waals surface area contributed by atoms with E-state index in [4.69, 9.17) is 21.7 Å². The number of amides is 1. The van der Waals surface area contributed by atoms with E-state index < -0.39 is 6.04 Å². The Morgan fingerprint density at radius 3 is 2.61 bits per heavy atom. The van der Waals surface area contributed by atoms with Gasteiger partial charge in [0.15, 0.2) is 16.6 Å². The van der Waals surface area contributed by atoms with Gasteiger partial charge in [-0.15, -0.1) is 0 Å². The van der Waals surface area contributed by atoms with Gasteiger partial charge in [-0.3, -0.25) is 4.79 Å². The molecule has 2 rings (SSSR count). The molecule has 0 spiro atoms. The molecule has 0 radical (unpaired) electrons. The molecule has 0 aliphatic carbocycles. The fraction of sp³-hybridized carbons (Fsp3) is 0.333. The largest absolute Gasteiger partial charge is 0.493 e. The van der Waals surface area contributed by atoms with Crippen LogP contribution in [0, 0.1) is 0 Å². The Balaban J connectivity index is 2.67. The van der Waals surface area contributed by atoms with Gasteiger partial charge in [-0.25, -0.2) is 0 Å². The molecular formula is C15H18BrN3O3S. The van der Waals surface area contributed by atoms with Crippen LogP contribution in [0.1, 0.15) is 18.5 Å². The molecular weight excluding hydrogens is 382 g/mol. The molecule has 0 saturated carbocycles. The standard InChI is InChI=1S/C15H18BrN3O3S/c1-7-11(14(20)17-2)12(19-15(23)18-7)9-5-8(16)6-10(21-3)13(9)22-4/h5-6,12H,1-4H3,(H,17,20)(H2,18,19,23). The second kappa shape index (κ2) is 7.18. The van der Waals surface area contributed by atoms with Crippen molar-refractivity contribution < 1.29 is 14.3 Å². The molecule has 1 aliphatic heterocycles. The fourth-order valence-corrected chi connectivity index (χ4v) is 3.26. The predicted molar refractivity (Wildman–Crippen MR) is 95.6 cm³/mol. The van der Waals surface area contributed by atoms with Gasteiger partial charge in [-0.1, -0.05) is 15.9 Å². The molecule has 8 heteroatoms. The minimum Gasteiger partial charge on any atom is -0.493 e. The number of carbonyl (C=O) groups excluding carboxylic acids is 1. The maximum Gasteiger partial charge on any atom is 0.251 e. The van der Waals surface area contributed by atoms with Crippen LogP contribution >= 0.6 is 28.1 Å². The minimum atomic E-state index is -0.454. The highest BCUT2D eigenvalue weighted by atomic mass is 79.9. The van der Waals surface area contributed by atoms with Gasteiger partial charge in [-0.2, -0.15) is 0 Å². The van der Waals surface area contributed by atoms with Crippen molar-refractivity contribution in [1.82, 2.24) is 16.0 Å². The lowest BCUT2D eigenvalue weighted by Gasteiger charge is -2.31. The van der Waals surface area contributed by atoms with E-state index in [0.717, 1.165) is 10.0 Å². The van der Waals surface area contributed by atoms with Crippen molar-refractivity contribution in [2.75, 3.05) is 21.3 Å². The van der Waals surface area contributed by atoms with Gasteiger partial charge in [0.1, 0.15) is 0 Å². The van der Waals surface area contributed by atoms with Crippen LogP contribution in [0.5, 0.6) is 11.5 Å². The number of allylic oxidation sites excluding steroid dienone is 1. The van der Waals surface area contributed by atoms with Crippen LogP contribution in [0.2, 0.25) is 0 Å². The molecule has 1 amide bonds. The molecule has 23 heavy (non-hydrogen) atoms. The van der Waals surface area contributed by atoms with E-state index in [1.165, 1.54) is 0 Å². The third-order valence-electron chi connectivity index (χ3n) is 3.52. The van der Waals surface area contributed by atoms with Crippen molar-refractivity contribution in [3.63, 3.8) is 0 Å². The zero-order valence-electron chi connectivity index (χ0n) is 13.2. The summed E-state index contributed by atoms with van der Waals surface area (Å²) in [7, 11) is 4.71. The van der Waals surface area contributed by atoms with E-state index in [0.29, 0.717) is 27.9 Å². The summed E-state index contributed by atoms with van der Waals surface area (Å²) in [5.41, 5.74) is 1.99. The zero-order chi connectivity index (χ0) is 17.1. The first-order valence-corrected chi connectivity index (χ1v) is 8.04. The van der Waals surface area contributed by atoms with Crippen molar-refractivity contribution in [2.24, 2.45) is 0 Å². The number of methoxy groups -OCH3 is 2. The Bertz CT molecular complexity index is 691. The van der Waals surface area contributed by atoms with E-state index in [-0.39, 0.29) is 5.91 Å². The molecule has 1 heterocycles. The first-order valence-electron chi connectivity index (χ1n) is 6.84. The molecule has 124 valence electrons. The van der Waals surface area contributed by atoms with E-state index in [1.54, 1.807) is 27.3 Å². The zero-order valence-corrected chi connectivity index (χ0v) is 15.6. The Morgan fingerprint density at radius 2 is 2.04 bits per heavy atom. The summed E-state index contributed by atoms with van der Waals surface area (Å²) < 4.78 is 11.7. The molecule has 1 atom stereocenters. The van der Waals surface area contributed by atoms with Gasteiger partial charge in [0.2, 0.25) is 0 Å². The Labute approximate surface area is 148 Å². The summed E-state index contributed by atoms with van der Waals surface area (Å²) >= 11 is 8.70. The highest BCUT2D eigenvalue weighted by Gasteiger charge is 2.32. The minimum absolute atomic E-state index is 0.198. The van der Waals surface area contributed by atoms with E-state index in [1.807, 2.05) is 13.0 Å². The Morgan fingerprint density at radius 1 is 1.35 bits per heavy atom. The third-order valence-corrected chi connectivity index (χ3v) is 4.20. The summed E-state index contributed by atoms with van der Waals surface area (Å²) in [6.45, 7) is 1.81. The summed E-state index contributed by atoms with van der Waals surface area (Å²) in [5, 5.41) is 9.21. The number of hydrogen-bond donors (Lipinski definition) is 3. The topological polar surface area (TPSA) is 71.6 Å². The highest BCUT2D eigenvalue weighted by molar-refractivity contribution is 9.10. The maximum absolute atomic E-state index is 12.3. The number of likely N-dealkylation sites (N-methyl/N-ethyl adjacent to an activating group) is 1. The van der Waals surface area contributed by atoms with Gasteiger partial charge >= 0.3 is 0 Å². The molecule has 0 aromatic heterocycles. The van der Waals surface area contributed by atoms with E-state index in [2.05, 4.69) is 31.9 Å². The van der Waals surface area contributed by atoms with E-state index in [9.17, 15) is 4.79 Å². The monoisotopic (exact) mass is 399 g/mol. The molecule has 1 aromatic rings. The predicted octanol–water partition coefficient (Wildman–Crippen LogP) is 2.01. The lowest BCUT2D eigenvalue weighted by atomic mass is 9.94. The van der Waals surface area contributed by atoms with Crippen molar-refractivity contribution in [3.05, 3.63) is 33.4 Å². The summed E-state index contributed by atoms with van der Waals surface area (Å²) in [6, 6.07) is 3.23. The molecule has 3 N–H and O–H groups in total. The van der Waals surface area contributed by atoms with Crippen molar-refractivity contribution >= 4 is 39.2 Å². The van der Waals surface area contributed by atoms with Crippen LogP contribution < -0.4 is 25.4 Å². The van der Waals surface area contributed by atoms with Gasteiger partial charge in [0, 0.05) is 22.8 Å². The molecule has 6 nitrogen and oxygen atoms in total. The SMILES string of the molecule is CNC(=O)C1=C(C)NC(=S)NC1c1cc(Br)cc(OC)c1OC. The number of halogens is 1. The summed E-state index contributed by atoms with van der Waals surface area (Å²) in [4.78, 5) is 12.3. The van der Waals surface area contributed by atoms with E-state index >= 15 is 0 Å². The fourth-order valence-electron chi connectivity index (χ4n) is 2.54. The third kappa shape index (κ3) is 3.42. The van der Waals surface area contributed by atoms with Gasteiger partial charge in [-0.05, 0) is 31.3 Å². The molecule has 1 aliphatic rings. The summed E-state index contributed by atoms with van der Waals surface area (Å²) in [5.74, 6) is 0.917. The average Bonchev–Trinajstić information content (AvgIpc) is 2.52.